The quantitative estimate of drug-likeness (QED) is 0.391. The van der Waals surface area contributed by atoms with Crippen LogP contribution in [0.5, 0.6) is 0 Å². The van der Waals surface area contributed by atoms with Crippen molar-refractivity contribution in [2.45, 2.75) is 32.6 Å². The summed E-state index contributed by atoms with van der Waals surface area (Å²) < 4.78 is 2.26. The predicted octanol–water partition coefficient (Wildman–Crippen LogP) is 4.48. The van der Waals surface area contributed by atoms with Crippen LogP contribution in [0.1, 0.15) is 41.6 Å². The summed E-state index contributed by atoms with van der Waals surface area (Å²) in [5, 5.41) is 2.97. The average Bonchev–Trinajstić information content (AvgIpc) is 2.36. The molecule has 1 aromatic carbocycles. The third-order valence-corrected chi connectivity index (χ3v) is 4.42. The van der Waals surface area contributed by atoms with Crippen LogP contribution in [0, 0.1) is 6.92 Å². The largest absolute Gasteiger partial charge is 0.352 e. The molecule has 0 unspecified atom stereocenters. The second-order valence-corrected chi connectivity index (χ2v) is 6.26. The van der Waals surface area contributed by atoms with Gasteiger partial charge in [0, 0.05) is 16.6 Å². The van der Waals surface area contributed by atoms with Crippen LogP contribution in [0.15, 0.2) is 22.7 Å². The summed E-state index contributed by atoms with van der Waals surface area (Å²) in [4.78, 5) is 11.9. The molecule has 0 saturated carbocycles. The molecule has 0 bridgehead atoms. The van der Waals surface area contributed by atoms with Gasteiger partial charge in [0.2, 0.25) is 0 Å². The Labute approximate surface area is 131 Å². The van der Waals surface area contributed by atoms with Crippen LogP contribution in [0.25, 0.3) is 0 Å². The molecule has 0 aliphatic rings. The number of nitrogens with one attached hydrogen (secondary N) is 1. The Morgan fingerprint density at radius 1 is 1.28 bits per heavy atom. The van der Waals surface area contributed by atoms with Gasteiger partial charge in [-0.1, -0.05) is 51.4 Å². The standard InChI is InChI=1S/C14H19BrINO/c1-11-10-12(6-7-13(11)15)14(18)17-9-5-3-2-4-8-16/h6-7,10H,2-5,8-9H2,1H3,(H,17,18). The second-order valence-electron chi connectivity index (χ2n) is 4.32. The Bertz CT molecular complexity index is 395. The lowest BCUT2D eigenvalue weighted by Crippen LogP contribution is -2.24. The predicted molar refractivity (Wildman–Crippen MR) is 88.6 cm³/mol. The fraction of sp³-hybridized carbons (Fsp3) is 0.500. The number of benzene rings is 1. The summed E-state index contributed by atoms with van der Waals surface area (Å²) in [6.07, 6.45) is 4.80. The Morgan fingerprint density at radius 3 is 2.67 bits per heavy atom. The zero-order valence-electron chi connectivity index (χ0n) is 10.6. The molecular formula is C14H19BrINO. The van der Waals surface area contributed by atoms with Crippen molar-refractivity contribution in [1.29, 1.82) is 0 Å². The molecule has 2 nitrogen and oxygen atoms in total. The average molecular weight is 424 g/mol. The molecule has 0 spiro atoms. The van der Waals surface area contributed by atoms with Gasteiger partial charge in [-0.05, 0) is 48.0 Å². The van der Waals surface area contributed by atoms with Crippen LogP contribution in [-0.2, 0) is 0 Å². The van der Waals surface area contributed by atoms with E-state index < -0.39 is 0 Å². The number of carbonyl (C=O) groups excluding carboxylic acids is 1. The van der Waals surface area contributed by atoms with Crippen LogP contribution < -0.4 is 5.32 Å². The third-order valence-electron chi connectivity index (χ3n) is 2.77. The van der Waals surface area contributed by atoms with E-state index in [1.807, 2.05) is 25.1 Å². The van der Waals surface area contributed by atoms with E-state index in [9.17, 15) is 4.79 Å². The molecule has 0 fully saturated rings. The summed E-state index contributed by atoms with van der Waals surface area (Å²) in [6.45, 7) is 2.76. The molecule has 1 aromatic rings. The monoisotopic (exact) mass is 423 g/mol. The number of carbonyl (C=O) groups is 1. The summed E-state index contributed by atoms with van der Waals surface area (Å²) >= 11 is 5.83. The maximum absolute atomic E-state index is 11.9. The van der Waals surface area contributed by atoms with Crippen LogP contribution in [0.3, 0.4) is 0 Å². The number of halogens is 2. The van der Waals surface area contributed by atoms with Gasteiger partial charge in [-0.3, -0.25) is 4.79 Å². The lowest BCUT2D eigenvalue weighted by Gasteiger charge is -2.06. The molecule has 0 saturated heterocycles. The van der Waals surface area contributed by atoms with Crippen molar-refractivity contribution in [2.75, 3.05) is 11.0 Å². The molecule has 1 amide bonds. The maximum Gasteiger partial charge on any atom is 0.251 e. The van der Waals surface area contributed by atoms with Gasteiger partial charge in [0.15, 0.2) is 0 Å². The second kappa shape index (κ2) is 8.91. The maximum atomic E-state index is 11.9. The Hall–Kier alpha value is -0.100. The third kappa shape index (κ3) is 5.69. The van der Waals surface area contributed by atoms with Gasteiger partial charge in [-0.2, -0.15) is 0 Å². The molecule has 0 aliphatic heterocycles. The molecule has 0 heterocycles. The van der Waals surface area contributed by atoms with Crippen molar-refractivity contribution in [3.8, 4) is 0 Å². The number of aryl methyl sites for hydroxylation is 1. The first-order valence-electron chi connectivity index (χ1n) is 6.25. The van der Waals surface area contributed by atoms with Crippen molar-refractivity contribution < 1.29 is 4.79 Å². The zero-order chi connectivity index (χ0) is 13.4. The zero-order valence-corrected chi connectivity index (χ0v) is 14.4. The highest BCUT2D eigenvalue weighted by Crippen LogP contribution is 2.16. The van der Waals surface area contributed by atoms with Gasteiger partial charge in [0.25, 0.3) is 5.91 Å². The first kappa shape index (κ1) is 16.0. The van der Waals surface area contributed by atoms with Crippen molar-refractivity contribution in [3.05, 3.63) is 33.8 Å². The molecule has 100 valence electrons. The van der Waals surface area contributed by atoms with Gasteiger partial charge in [0.05, 0.1) is 0 Å². The normalized spacial score (nSPS) is 10.4. The van der Waals surface area contributed by atoms with Gasteiger partial charge in [-0.25, -0.2) is 0 Å². The van der Waals surface area contributed by atoms with E-state index in [1.54, 1.807) is 0 Å². The highest BCUT2D eigenvalue weighted by atomic mass is 127. The fourth-order valence-corrected chi connectivity index (χ4v) is 2.45. The highest BCUT2D eigenvalue weighted by Gasteiger charge is 2.05. The number of rotatable bonds is 7. The Balaban J connectivity index is 2.30. The van der Waals surface area contributed by atoms with Gasteiger partial charge < -0.3 is 5.32 Å². The SMILES string of the molecule is Cc1cc(C(=O)NCCCCCCI)ccc1Br. The van der Waals surface area contributed by atoms with Gasteiger partial charge in [-0.15, -0.1) is 0 Å². The van der Waals surface area contributed by atoms with Gasteiger partial charge in [0.1, 0.15) is 0 Å². The first-order valence-corrected chi connectivity index (χ1v) is 8.57. The van der Waals surface area contributed by atoms with E-state index in [2.05, 4.69) is 43.8 Å². The van der Waals surface area contributed by atoms with Crippen molar-refractivity contribution in [1.82, 2.24) is 5.32 Å². The summed E-state index contributed by atoms with van der Waals surface area (Å²) in [5.41, 5.74) is 1.83. The van der Waals surface area contributed by atoms with Crippen molar-refractivity contribution >= 4 is 44.4 Å². The number of alkyl halides is 1. The number of hydrogen-bond donors (Lipinski definition) is 1. The van der Waals surface area contributed by atoms with E-state index in [0.717, 1.165) is 28.6 Å². The minimum atomic E-state index is 0.0273. The summed E-state index contributed by atoms with van der Waals surface area (Å²) in [5.74, 6) is 0.0273. The van der Waals surface area contributed by atoms with E-state index in [1.165, 1.54) is 23.7 Å². The Morgan fingerprint density at radius 2 is 2.00 bits per heavy atom. The van der Waals surface area contributed by atoms with E-state index >= 15 is 0 Å². The molecule has 0 atom stereocenters. The molecule has 0 aromatic heterocycles. The molecule has 0 radical (unpaired) electrons. The topological polar surface area (TPSA) is 29.1 Å². The molecule has 1 N–H and O–H groups in total. The number of hydrogen-bond acceptors (Lipinski definition) is 1. The minimum Gasteiger partial charge on any atom is -0.352 e. The number of unbranched alkanes of at least 4 members (excludes halogenated alkanes) is 3. The minimum absolute atomic E-state index is 0.0273. The Kier molecular flexibility index (Phi) is 7.90. The van der Waals surface area contributed by atoms with E-state index in [-0.39, 0.29) is 5.91 Å². The summed E-state index contributed by atoms with van der Waals surface area (Å²) in [7, 11) is 0. The molecule has 0 aliphatic carbocycles. The molecule has 4 heteroatoms. The molecular weight excluding hydrogens is 405 g/mol. The van der Waals surface area contributed by atoms with Gasteiger partial charge >= 0.3 is 0 Å². The lowest BCUT2D eigenvalue weighted by atomic mass is 10.1. The number of amides is 1. The van der Waals surface area contributed by atoms with Crippen molar-refractivity contribution in [3.63, 3.8) is 0 Å². The van der Waals surface area contributed by atoms with E-state index in [4.69, 9.17) is 0 Å². The fourth-order valence-electron chi connectivity index (χ4n) is 1.66. The van der Waals surface area contributed by atoms with E-state index in [0.29, 0.717) is 0 Å². The lowest BCUT2D eigenvalue weighted by molar-refractivity contribution is 0.0953. The summed E-state index contributed by atoms with van der Waals surface area (Å²) in [6, 6.07) is 5.68. The van der Waals surface area contributed by atoms with Crippen LogP contribution >= 0.6 is 38.5 Å². The smallest absolute Gasteiger partial charge is 0.251 e. The van der Waals surface area contributed by atoms with Crippen molar-refractivity contribution in [2.24, 2.45) is 0 Å². The molecule has 18 heavy (non-hydrogen) atoms. The van der Waals surface area contributed by atoms with Crippen LogP contribution in [-0.4, -0.2) is 16.9 Å². The highest BCUT2D eigenvalue weighted by molar-refractivity contribution is 14.1. The molecule has 1 rings (SSSR count). The van der Waals surface area contributed by atoms with Crippen LogP contribution in [0.2, 0.25) is 0 Å². The first-order chi connectivity index (χ1) is 8.65. The van der Waals surface area contributed by atoms with Crippen LogP contribution in [0.4, 0.5) is 0 Å².